The summed E-state index contributed by atoms with van der Waals surface area (Å²) in [5.41, 5.74) is 0.391. The quantitative estimate of drug-likeness (QED) is 0.210. The molecule has 2 fully saturated rings. The molecule has 3 rings (SSSR count). The van der Waals surface area contributed by atoms with Crippen molar-refractivity contribution >= 4 is 19.7 Å². The number of hydrogen-bond donors (Lipinski definition) is 1. The van der Waals surface area contributed by atoms with Gasteiger partial charge in [0, 0.05) is 10.8 Å². The Balaban J connectivity index is 1.57. The number of hydrogen-bond acceptors (Lipinski definition) is 4. The highest BCUT2D eigenvalue weighted by Crippen LogP contribution is 2.43. The van der Waals surface area contributed by atoms with Crippen molar-refractivity contribution in [2.75, 3.05) is 6.61 Å². The Morgan fingerprint density at radius 2 is 1.62 bits per heavy atom. The highest BCUT2D eigenvalue weighted by molar-refractivity contribution is 6.89. The third-order valence-electron chi connectivity index (χ3n) is 9.09. The molecule has 210 valence electrons. The summed E-state index contributed by atoms with van der Waals surface area (Å²) in [7, 11) is -2.05. The lowest BCUT2D eigenvalue weighted by molar-refractivity contribution is -0.134. The molecule has 2 saturated carbocycles. The number of rotatable bonds is 13. The van der Waals surface area contributed by atoms with Crippen molar-refractivity contribution in [2.45, 2.75) is 123 Å². The number of benzene rings is 1. The van der Waals surface area contributed by atoms with Crippen molar-refractivity contribution in [1.82, 2.24) is 0 Å². The Morgan fingerprint density at radius 1 is 1.00 bits per heavy atom. The van der Waals surface area contributed by atoms with Crippen LogP contribution in [0.4, 0.5) is 4.39 Å². The first-order chi connectivity index (χ1) is 17.7. The number of carbonyl (C=O) groups excluding carboxylic acids is 1. The Kier molecular flexibility index (Phi) is 11.5. The maximum absolute atomic E-state index is 15.8. The molecule has 1 aromatic carbocycles. The highest BCUT2D eigenvalue weighted by atomic mass is 28.3. The molecule has 0 radical (unpaired) electrons. The summed E-state index contributed by atoms with van der Waals surface area (Å²) >= 11 is 0. The minimum absolute atomic E-state index is 0.285. The summed E-state index contributed by atoms with van der Waals surface area (Å²) in [5.74, 6) is 3.19. The Bertz CT molecular complexity index is 838. The van der Waals surface area contributed by atoms with Crippen molar-refractivity contribution in [1.29, 1.82) is 0 Å². The van der Waals surface area contributed by atoms with Crippen LogP contribution in [0.25, 0.3) is 0 Å². The molecule has 0 amide bonds. The van der Waals surface area contributed by atoms with Crippen LogP contribution in [-0.2, 0) is 9.53 Å². The minimum Gasteiger partial charge on any atom is -0.494 e. The second kappa shape index (κ2) is 14.1. The molecule has 0 spiro atoms. The predicted molar refractivity (Wildman–Crippen MR) is 151 cm³/mol. The third-order valence-corrected chi connectivity index (χ3v) is 11.1. The molecular weight excluding hydrogens is 483 g/mol. The molecule has 2 atom stereocenters. The first-order valence-corrected chi connectivity index (χ1v) is 18.4. The van der Waals surface area contributed by atoms with Gasteiger partial charge in [-0.2, -0.15) is 0 Å². The van der Waals surface area contributed by atoms with Crippen LogP contribution in [0.3, 0.4) is 0 Å². The van der Waals surface area contributed by atoms with E-state index in [1.807, 2.05) is 13.0 Å². The van der Waals surface area contributed by atoms with E-state index in [4.69, 9.17) is 9.47 Å². The summed E-state index contributed by atoms with van der Waals surface area (Å²) in [6, 6.07) is 3.50. The van der Waals surface area contributed by atoms with Crippen LogP contribution >= 0.6 is 0 Å². The lowest BCUT2D eigenvalue weighted by atomic mass is 9.68. The second-order valence-corrected chi connectivity index (χ2v) is 17.6. The second-order valence-electron chi connectivity index (χ2n) is 12.6. The van der Waals surface area contributed by atoms with E-state index in [-0.39, 0.29) is 11.7 Å². The molecule has 2 aliphatic carbocycles. The predicted octanol–water partition coefficient (Wildman–Crippen LogP) is 7.54. The number of carbonyl (C=O) groups is 1. The minimum atomic E-state index is -2.05. The molecule has 0 bridgehead atoms. The fourth-order valence-corrected chi connectivity index (χ4v) is 8.77. The van der Waals surface area contributed by atoms with Crippen LogP contribution in [0.15, 0.2) is 12.1 Å². The van der Waals surface area contributed by atoms with Gasteiger partial charge < -0.3 is 14.6 Å². The average molecular weight is 535 g/mol. The largest absolute Gasteiger partial charge is 0.494 e. The number of aliphatic hydroxyl groups excluding tert-OH is 1. The molecule has 0 saturated heterocycles. The van der Waals surface area contributed by atoms with E-state index < -0.39 is 20.3 Å². The maximum atomic E-state index is 15.8. The van der Waals surface area contributed by atoms with Crippen molar-refractivity contribution < 1.29 is 23.8 Å². The fourth-order valence-electron chi connectivity index (χ4n) is 7.08. The Labute approximate surface area is 225 Å². The van der Waals surface area contributed by atoms with Crippen molar-refractivity contribution in [3.8, 4) is 5.75 Å². The zero-order valence-electron chi connectivity index (χ0n) is 23.9. The van der Waals surface area contributed by atoms with Gasteiger partial charge in [-0.15, -0.1) is 0 Å². The molecule has 0 heterocycles. The van der Waals surface area contributed by atoms with E-state index in [0.717, 1.165) is 30.6 Å². The molecule has 0 aliphatic heterocycles. The SMILES string of the molecule is CCCC1CCC(C2CCC(C(O)CCC(OC=O)c3ccc(OCC)c([Si](C)(C)C)c3F)CC2)CC1. The Hall–Kier alpha value is -1.40. The molecule has 4 nitrogen and oxygen atoms in total. The van der Waals surface area contributed by atoms with Gasteiger partial charge in [0.15, 0.2) is 0 Å². The van der Waals surface area contributed by atoms with Crippen LogP contribution in [0.1, 0.15) is 103 Å². The van der Waals surface area contributed by atoms with Crippen molar-refractivity contribution in [3.63, 3.8) is 0 Å². The maximum Gasteiger partial charge on any atom is 0.293 e. The van der Waals surface area contributed by atoms with E-state index in [1.165, 1.54) is 51.4 Å². The monoisotopic (exact) mass is 534 g/mol. The first-order valence-electron chi connectivity index (χ1n) is 14.9. The molecular formula is C31H51FO4Si. The summed E-state index contributed by atoms with van der Waals surface area (Å²) in [6.07, 6.45) is 12.6. The fraction of sp³-hybridized carbons (Fsp3) is 0.774. The molecule has 37 heavy (non-hydrogen) atoms. The number of halogens is 1. The topological polar surface area (TPSA) is 55.8 Å². The number of ether oxygens (including phenoxy) is 2. The van der Waals surface area contributed by atoms with Crippen LogP contribution in [-0.4, -0.2) is 32.4 Å². The van der Waals surface area contributed by atoms with Crippen LogP contribution in [0, 0.1) is 29.5 Å². The van der Waals surface area contributed by atoms with E-state index in [2.05, 4.69) is 26.6 Å². The van der Waals surface area contributed by atoms with Gasteiger partial charge in [-0.1, -0.05) is 52.2 Å². The van der Waals surface area contributed by atoms with Gasteiger partial charge in [0.1, 0.15) is 17.7 Å². The molecule has 2 unspecified atom stereocenters. The van der Waals surface area contributed by atoms with Gasteiger partial charge in [-0.3, -0.25) is 4.79 Å². The molecule has 1 N–H and O–H groups in total. The smallest absolute Gasteiger partial charge is 0.293 e. The highest BCUT2D eigenvalue weighted by Gasteiger charge is 2.34. The van der Waals surface area contributed by atoms with Crippen molar-refractivity contribution in [3.05, 3.63) is 23.5 Å². The first kappa shape index (κ1) is 30.1. The van der Waals surface area contributed by atoms with E-state index in [1.54, 1.807) is 6.07 Å². The normalized spacial score (nSPS) is 26.4. The van der Waals surface area contributed by atoms with Crippen LogP contribution < -0.4 is 9.92 Å². The van der Waals surface area contributed by atoms with Gasteiger partial charge in [-0.25, -0.2) is 4.39 Å². The van der Waals surface area contributed by atoms with Crippen LogP contribution in [0.5, 0.6) is 5.75 Å². The molecule has 2 aliphatic rings. The third kappa shape index (κ3) is 8.05. The number of aliphatic hydroxyl groups is 1. The average Bonchev–Trinajstić information content (AvgIpc) is 2.87. The van der Waals surface area contributed by atoms with Crippen LogP contribution in [0.2, 0.25) is 19.6 Å². The van der Waals surface area contributed by atoms with Gasteiger partial charge in [-0.05, 0) is 94.1 Å². The molecule has 6 heteroatoms. The van der Waals surface area contributed by atoms with E-state index in [9.17, 15) is 9.90 Å². The molecule has 0 aromatic heterocycles. The van der Waals surface area contributed by atoms with Gasteiger partial charge in [0.2, 0.25) is 0 Å². The van der Waals surface area contributed by atoms with Gasteiger partial charge in [0.05, 0.1) is 20.8 Å². The Morgan fingerprint density at radius 3 is 2.16 bits per heavy atom. The van der Waals surface area contributed by atoms with E-state index >= 15 is 4.39 Å². The summed E-state index contributed by atoms with van der Waals surface area (Å²) < 4.78 is 26.9. The van der Waals surface area contributed by atoms with E-state index in [0.29, 0.717) is 42.4 Å². The lowest BCUT2D eigenvalue weighted by Gasteiger charge is -2.39. The zero-order chi connectivity index (χ0) is 27.0. The molecule has 1 aromatic rings. The van der Waals surface area contributed by atoms with Crippen molar-refractivity contribution in [2.24, 2.45) is 23.7 Å². The summed E-state index contributed by atoms with van der Waals surface area (Å²) in [4.78, 5) is 11.3. The summed E-state index contributed by atoms with van der Waals surface area (Å²) in [6.45, 7) is 11.3. The van der Waals surface area contributed by atoms with Gasteiger partial charge in [0.25, 0.3) is 6.47 Å². The summed E-state index contributed by atoms with van der Waals surface area (Å²) in [5, 5.41) is 11.7. The lowest BCUT2D eigenvalue weighted by Crippen LogP contribution is -2.42. The van der Waals surface area contributed by atoms with Gasteiger partial charge >= 0.3 is 0 Å². The standard InChI is InChI=1S/C31H51FO4Si/c1-6-8-22-9-11-23(12-10-22)24-13-15-25(16-14-24)27(34)18-20-28(36-21-33)26-17-19-29(35-7-2)31(30(26)32)37(3,4)5/h17,19,21-25,27-28,34H,6-16,18,20H2,1-5H3. The zero-order valence-corrected chi connectivity index (χ0v) is 24.9.